The number of piperazine rings is 1. The molecule has 9 nitrogen and oxygen atoms in total. The topological polar surface area (TPSA) is 96.9 Å². The normalized spacial score (nSPS) is 16.1. The van der Waals surface area contributed by atoms with Gasteiger partial charge in [0, 0.05) is 44.2 Å². The first-order chi connectivity index (χ1) is 14.7. The molecule has 1 aliphatic heterocycles. The van der Waals surface area contributed by atoms with Gasteiger partial charge >= 0.3 is 12.1 Å². The zero-order chi connectivity index (χ0) is 22.6. The van der Waals surface area contributed by atoms with Crippen molar-refractivity contribution >= 4 is 28.8 Å². The summed E-state index contributed by atoms with van der Waals surface area (Å²) < 4.78 is 10.3. The quantitative estimate of drug-likeness (QED) is 0.725. The van der Waals surface area contributed by atoms with E-state index in [0.717, 1.165) is 25.0 Å². The molecule has 31 heavy (non-hydrogen) atoms. The lowest BCUT2D eigenvalue weighted by molar-refractivity contribution is 0.0143. The monoisotopic (exact) mass is 429 g/mol. The van der Waals surface area contributed by atoms with Crippen LogP contribution in [0.5, 0.6) is 0 Å². The molecule has 1 aromatic carbocycles. The largest absolute Gasteiger partial charge is 0.465 e. The summed E-state index contributed by atoms with van der Waals surface area (Å²) in [5.41, 5.74) is 0.488. The number of ether oxygens (including phenoxy) is 2. The lowest BCUT2D eigenvalue weighted by atomic mass is 10.1. The maximum Gasteiger partial charge on any atom is 0.410 e. The molecule has 2 aromatic rings. The van der Waals surface area contributed by atoms with Gasteiger partial charge in [-0.05, 0) is 39.8 Å². The lowest BCUT2D eigenvalue weighted by Gasteiger charge is -2.36. The molecule has 1 N–H and O–H groups in total. The number of nitrogens with zero attached hydrogens (tertiary/aromatic N) is 4. The van der Waals surface area contributed by atoms with E-state index in [2.05, 4.69) is 27.1 Å². The van der Waals surface area contributed by atoms with Crippen molar-refractivity contribution < 1.29 is 19.1 Å². The summed E-state index contributed by atoms with van der Waals surface area (Å²) in [5.74, 6) is 0.252. The fourth-order valence-corrected chi connectivity index (χ4v) is 3.58. The summed E-state index contributed by atoms with van der Waals surface area (Å²) in [6.07, 6.45) is 1.19. The van der Waals surface area contributed by atoms with E-state index < -0.39 is 11.6 Å². The Morgan fingerprint density at radius 3 is 2.52 bits per heavy atom. The molecule has 168 valence electrons. The number of benzene rings is 1. The van der Waals surface area contributed by atoms with Crippen molar-refractivity contribution in [1.82, 2.24) is 19.8 Å². The second-order valence-corrected chi connectivity index (χ2v) is 8.73. The van der Waals surface area contributed by atoms with Crippen LogP contribution in [-0.4, -0.2) is 83.3 Å². The molecule has 1 fully saturated rings. The lowest BCUT2D eigenvalue weighted by Crippen LogP contribution is -2.51. The van der Waals surface area contributed by atoms with Crippen molar-refractivity contribution in [2.45, 2.75) is 39.3 Å². The number of esters is 1. The number of hydrogen-bond donors (Lipinski definition) is 1. The zero-order valence-electron chi connectivity index (χ0n) is 18.8. The Hall–Kier alpha value is -2.94. The molecule has 1 aliphatic rings. The molecule has 1 unspecified atom stereocenters. The van der Waals surface area contributed by atoms with E-state index in [1.54, 1.807) is 17.0 Å². The highest BCUT2D eigenvalue weighted by atomic mass is 16.6. The predicted molar refractivity (Wildman–Crippen MR) is 118 cm³/mol. The zero-order valence-corrected chi connectivity index (χ0v) is 18.8. The summed E-state index contributed by atoms with van der Waals surface area (Å²) >= 11 is 0. The number of aromatic nitrogens is 2. The molecule has 1 atom stereocenters. The highest BCUT2D eigenvalue weighted by Crippen LogP contribution is 2.23. The number of methoxy groups -OCH3 is 1. The first-order valence-corrected chi connectivity index (χ1v) is 10.5. The molecule has 9 heteroatoms. The minimum absolute atomic E-state index is 0.105. The summed E-state index contributed by atoms with van der Waals surface area (Å²) in [4.78, 5) is 37.0. The van der Waals surface area contributed by atoms with Gasteiger partial charge in [-0.15, -0.1) is 0 Å². The van der Waals surface area contributed by atoms with Gasteiger partial charge in [0.25, 0.3) is 0 Å². The minimum Gasteiger partial charge on any atom is -0.465 e. The molecule has 1 aromatic heterocycles. The van der Waals surface area contributed by atoms with Crippen molar-refractivity contribution in [3.05, 3.63) is 30.1 Å². The van der Waals surface area contributed by atoms with Gasteiger partial charge < -0.3 is 19.7 Å². The number of carbonyl (C=O) groups is 2. The van der Waals surface area contributed by atoms with Crippen molar-refractivity contribution in [3.63, 3.8) is 0 Å². The fourth-order valence-electron chi connectivity index (χ4n) is 3.58. The SMILES string of the molecule is COC(=O)c1cccc2c(NC(C)CN3CCN(C(=O)OC(C)(C)C)CC3)ncnc12. The average Bonchev–Trinajstić information content (AvgIpc) is 2.72. The number of para-hydroxylation sites is 1. The Balaban J connectivity index is 1.60. The third kappa shape index (κ3) is 5.81. The summed E-state index contributed by atoms with van der Waals surface area (Å²) in [6, 6.07) is 5.48. The fraction of sp³-hybridized carbons (Fsp3) is 0.545. The number of fused-ring (bicyclic) bond motifs is 1. The summed E-state index contributed by atoms with van der Waals surface area (Å²) in [5, 5.41) is 4.20. The molecule has 2 heterocycles. The van der Waals surface area contributed by atoms with Gasteiger partial charge in [-0.25, -0.2) is 19.6 Å². The van der Waals surface area contributed by atoms with E-state index in [9.17, 15) is 9.59 Å². The molecule has 1 amide bonds. The van der Waals surface area contributed by atoms with Gasteiger partial charge in [-0.3, -0.25) is 4.90 Å². The Morgan fingerprint density at radius 2 is 1.87 bits per heavy atom. The smallest absolute Gasteiger partial charge is 0.410 e. The maximum absolute atomic E-state index is 12.2. The van der Waals surface area contributed by atoms with E-state index in [4.69, 9.17) is 9.47 Å². The molecular weight excluding hydrogens is 398 g/mol. The Labute approximate surface area is 182 Å². The summed E-state index contributed by atoms with van der Waals surface area (Å²) in [7, 11) is 1.35. The van der Waals surface area contributed by atoms with Crippen LogP contribution < -0.4 is 5.32 Å². The number of nitrogens with one attached hydrogen (secondary N) is 1. The van der Waals surface area contributed by atoms with Crippen LogP contribution in [0.15, 0.2) is 24.5 Å². The van der Waals surface area contributed by atoms with Crippen LogP contribution in [0.1, 0.15) is 38.1 Å². The van der Waals surface area contributed by atoms with Gasteiger partial charge in [0.1, 0.15) is 17.7 Å². The van der Waals surface area contributed by atoms with Gasteiger partial charge in [0.2, 0.25) is 0 Å². The highest BCUT2D eigenvalue weighted by molar-refractivity contribution is 6.05. The predicted octanol–water partition coefficient (Wildman–Crippen LogP) is 2.77. The average molecular weight is 430 g/mol. The van der Waals surface area contributed by atoms with Crippen LogP contribution in [0, 0.1) is 0 Å². The van der Waals surface area contributed by atoms with Crippen molar-refractivity contribution in [2.75, 3.05) is 45.2 Å². The second kappa shape index (κ2) is 9.47. The number of hydrogen-bond acceptors (Lipinski definition) is 8. The van der Waals surface area contributed by atoms with Gasteiger partial charge in [-0.2, -0.15) is 0 Å². The molecule has 0 spiro atoms. The van der Waals surface area contributed by atoms with E-state index in [-0.39, 0.29) is 12.1 Å². The van der Waals surface area contributed by atoms with E-state index in [1.165, 1.54) is 13.4 Å². The number of carbonyl (C=O) groups excluding carboxylic acids is 2. The van der Waals surface area contributed by atoms with E-state index in [1.807, 2.05) is 26.8 Å². The second-order valence-electron chi connectivity index (χ2n) is 8.73. The maximum atomic E-state index is 12.2. The molecule has 0 bridgehead atoms. The number of amides is 1. The summed E-state index contributed by atoms with van der Waals surface area (Å²) in [6.45, 7) is 11.3. The van der Waals surface area contributed by atoms with Crippen molar-refractivity contribution in [3.8, 4) is 0 Å². The van der Waals surface area contributed by atoms with Crippen LogP contribution in [-0.2, 0) is 9.47 Å². The number of rotatable bonds is 5. The molecule has 1 saturated heterocycles. The van der Waals surface area contributed by atoms with Crippen LogP contribution in [0.2, 0.25) is 0 Å². The molecule has 0 saturated carbocycles. The third-order valence-corrected chi connectivity index (χ3v) is 5.01. The van der Waals surface area contributed by atoms with Crippen LogP contribution in [0.4, 0.5) is 10.6 Å². The van der Waals surface area contributed by atoms with Gasteiger partial charge in [0.15, 0.2) is 0 Å². The molecule has 0 radical (unpaired) electrons. The molecular formula is C22H31N5O4. The van der Waals surface area contributed by atoms with E-state index in [0.29, 0.717) is 30.0 Å². The highest BCUT2D eigenvalue weighted by Gasteiger charge is 2.26. The molecule has 3 rings (SSSR count). The third-order valence-electron chi connectivity index (χ3n) is 5.01. The van der Waals surface area contributed by atoms with Crippen LogP contribution in [0.3, 0.4) is 0 Å². The minimum atomic E-state index is -0.485. The Kier molecular flexibility index (Phi) is 6.94. The van der Waals surface area contributed by atoms with Crippen LogP contribution in [0.25, 0.3) is 10.9 Å². The van der Waals surface area contributed by atoms with Crippen molar-refractivity contribution in [1.29, 1.82) is 0 Å². The Morgan fingerprint density at radius 1 is 1.16 bits per heavy atom. The number of anilines is 1. The standard InChI is InChI=1S/C22H31N5O4/c1-15(13-26-9-11-27(12-10-26)21(29)31-22(2,3)4)25-19-16-7-6-8-17(20(28)30-5)18(16)23-14-24-19/h6-8,14-15H,9-13H2,1-5H3,(H,23,24,25). The molecule has 0 aliphatic carbocycles. The van der Waals surface area contributed by atoms with Gasteiger partial charge in [0.05, 0.1) is 18.2 Å². The first-order valence-electron chi connectivity index (χ1n) is 10.5. The van der Waals surface area contributed by atoms with Gasteiger partial charge in [-0.1, -0.05) is 6.07 Å². The van der Waals surface area contributed by atoms with Crippen LogP contribution >= 0.6 is 0 Å². The van der Waals surface area contributed by atoms with Crippen molar-refractivity contribution in [2.24, 2.45) is 0 Å². The Bertz CT molecular complexity index is 935. The first kappa shape index (κ1) is 22.7. The van der Waals surface area contributed by atoms with E-state index >= 15 is 0 Å².